The first-order valence-electron chi connectivity index (χ1n) is 4.90. The highest BCUT2D eigenvalue weighted by molar-refractivity contribution is 5.30. The van der Waals surface area contributed by atoms with Gasteiger partial charge in [0.05, 0.1) is 17.5 Å². The fraction of sp³-hybridized carbons (Fsp3) is 0.0909. The van der Waals surface area contributed by atoms with Gasteiger partial charge >= 0.3 is 0 Å². The van der Waals surface area contributed by atoms with E-state index in [0.29, 0.717) is 0 Å². The van der Waals surface area contributed by atoms with Crippen LogP contribution < -0.4 is 0 Å². The molecule has 1 aromatic carbocycles. The van der Waals surface area contributed by atoms with Gasteiger partial charge in [-0.1, -0.05) is 0 Å². The molecule has 0 spiro atoms. The van der Waals surface area contributed by atoms with E-state index in [9.17, 15) is 27.1 Å². The van der Waals surface area contributed by atoms with Gasteiger partial charge in [-0.15, -0.1) is 0 Å². The highest BCUT2D eigenvalue weighted by Gasteiger charge is 2.30. The number of hydrogen-bond donors (Lipinski definition) is 1. The summed E-state index contributed by atoms with van der Waals surface area (Å²) in [6.45, 7) is 0. The van der Waals surface area contributed by atoms with Crippen LogP contribution in [-0.2, 0) is 0 Å². The predicted molar refractivity (Wildman–Crippen MR) is 52.3 cm³/mol. The van der Waals surface area contributed by atoms with Gasteiger partial charge in [0.2, 0.25) is 5.82 Å². The van der Waals surface area contributed by atoms with Gasteiger partial charge in [0.25, 0.3) is 0 Å². The third-order valence-electron chi connectivity index (χ3n) is 2.38. The van der Waals surface area contributed by atoms with Gasteiger partial charge in [-0.2, -0.15) is 0 Å². The fourth-order valence-electron chi connectivity index (χ4n) is 1.46. The Morgan fingerprint density at radius 3 is 1.84 bits per heavy atom. The second-order valence-electron chi connectivity index (χ2n) is 3.52. The van der Waals surface area contributed by atoms with Crippen LogP contribution in [0.2, 0.25) is 0 Å². The van der Waals surface area contributed by atoms with E-state index in [1.54, 1.807) is 0 Å². The number of nitrogens with zero attached hydrogens (tertiary/aromatic N) is 2. The van der Waals surface area contributed by atoms with Gasteiger partial charge in [0.1, 0.15) is 6.10 Å². The number of aliphatic hydroxyl groups excluding tert-OH is 1. The zero-order valence-electron chi connectivity index (χ0n) is 9.04. The summed E-state index contributed by atoms with van der Waals surface area (Å²) in [7, 11) is 0. The quantitative estimate of drug-likeness (QED) is 0.520. The Hall–Kier alpha value is -2.09. The van der Waals surface area contributed by atoms with Crippen LogP contribution >= 0.6 is 0 Å². The molecule has 0 saturated heterocycles. The minimum atomic E-state index is -2.29. The number of benzene rings is 1. The van der Waals surface area contributed by atoms with Gasteiger partial charge in [0, 0.05) is 12.4 Å². The molecule has 1 unspecified atom stereocenters. The zero-order valence-corrected chi connectivity index (χ0v) is 9.04. The molecule has 100 valence electrons. The molecule has 1 heterocycles. The van der Waals surface area contributed by atoms with Crippen molar-refractivity contribution in [1.82, 2.24) is 9.97 Å². The van der Waals surface area contributed by atoms with E-state index in [-0.39, 0.29) is 5.69 Å². The van der Waals surface area contributed by atoms with Crippen molar-refractivity contribution in [3.63, 3.8) is 0 Å². The van der Waals surface area contributed by atoms with Gasteiger partial charge < -0.3 is 5.11 Å². The highest BCUT2D eigenvalue weighted by Crippen LogP contribution is 2.30. The van der Waals surface area contributed by atoms with E-state index in [0.717, 1.165) is 12.4 Å². The summed E-state index contributed by atoms with van der Waals surface area (Å²) < 4.78 is 65.6. The first kappa shape index (κ1) is 13.3. The van der Waals surface area contributed by atoms with Crippen LogP contribution in [0, 0.1) is 29.1 Å². The first-order chi connectivity index (χ1) is 8.95. The molecule has 0 aliphatic heterocycles. The molecule has 0 bridgehead atoms. The first-order valence-corrected chi connectivity index (χ1v) is 4.90. The SMILES string of the molecule is OC(c1cnccn1)c1c(F)c(F)c(F)c(F)c1F. The molecule has 0 aliphatic carbocycles. The monoisotopic (exact) mass is 276 g/mol. The van der Waals surface area contributed by atoms with Crippen molar-refractivity contribution in [1.29, 1.82) is 0 Å². The summed E-state index contributed by atoms with van der Waals surface area (Å²) in [4.78, 5) is 7.06. The van der Waals surface area contributed by atoms with Crippen molar-refractivity contribution in [3.8, 4) is 0 Å². The average molecular weight is 276 g/mol. The van der Waals surface area contributed by atoms with Crippen molar-refractivity contribution in [3.05, 3.63) is 58.9 Å². The Labute approximate surface area is 103 Å². The lowest BCUT2D eigenvalue weighted by molar-refractivity contribution is 0.197. The van der Waals surface area contributed by atoms with Crippen molar-refractivity contribution in [2.75, 3.05) is 0 Å². The molecule has 0 aliphatic rings. The maximum Gasteiger partial charge on any atom is 0.200 e. The van der Waals surface area contributed by atoms with E-state index in [1.165, 1.54) is 6.20 Å². The molecule has 8 heteroatoms. The van der Waals surface area contributed by atoms with Gasteiger partial charge in [-0.25, -0.2) is 22.0 Å². The zero-order chi connectivity index (χ0) is 14.2. The van der Waals surface area contributed by atoms with Crippen LogP contribution in [0.4, 0.5) is 22.0 Å². The van der Waals surface area contributed by atoms with Crippen molar-refractivity contribution in [2.24, 2.45) is 0 Å². The molecule has 2 aromatic rings. The number of halogens is 5. The minimum Gasteiger partial charge on any atom is -0.382 e. The average Bonchev–Trinajstić information content (AvgIpc) is 2.44. The second-order valence-corrected chi connectivity index (χ2v) is 3.52. The van der Waals surface area contributed by atoms with Crippen LogP contribution in [0.3, 0.4) is 0 Å². The topological polar surface area (TPSA) is 46.0 Å². The largest absolute Gasteiger partial charge is 0.382 e. The summed E-state index contributed by atoms with van der Waals surface area (Å²) in [5, 5.41) is 9.66. The minimum absolute atomic E-state index is 0.342. The molecule has 0 fully saturated rings. The Bertz CT molecular complexity index is 591. The van der Waals surface area contributed by atoms with E-state index in [4.69, 9.17) is 0 Å². The van der Waals surface area contributed by atoms with Gasteiger partial charge in [-0.05, 0) is 0 Å². The normalized spacial score (nSPS) is 12.5. The molecule has 2 rings (SSSR count). The standard InChI is InChI=1S/C11H5F5N2O/c12-6-5(7(13)9(15)10(16)8(6)14)11(19)4-3-17-1-2-18-4/h1-3,11,19H. The molecule has 0 radical (unpaired) electrons. The van der Waals surface area contributed by atoms with E-state index < -0.39 is 40.8 Å². The Kier molecular flexibility index (Phi) is 3.43. The van der Waals surface area contributed by atoms with Crippen LogP contribution in [0.25, 0.3) is 0 Å². The molecule has 19 heavy (non-hydrogen) atoms. The summed E-state index contributed by atoms with van der Waals surface area (Å²) in [6, 6.07) is 0. The Balaban J connectivity index is 2.64. The lowest BCUT2D eigenvalue weighted by Crippen LogP contribution is -2.13. The fourth-order valence-corrected chi connectivity index (χ4v) is 1.46. The number of aromatic nitrogens is 2. The Morgan fingerprint density at radius 2 is 1.37 bits per heavy atom. The molecule has 1 aromatic heterocycles. The smallest absolute Gasteiger partial charge is 0.200 e. The summed E-state index contributed by atoms with van der Waals surface area (Å²) in [5.74, 6) is -10.7. The molecule has 0 amide bonds. The van der Waals surface area contributed by atoms with Crippen LogP contribution in [0.1, 0.15) is 17.4 Å². The lowest BCUT2D eigenvalue weighted by atomic mass is 10.0. The molecule has 1 N–H and O–H groups in total. The predicted octanol–water partition coefficient (Wildman–Crippen LogP) is 2.25. The lowest BCUT2D eigenvalue weighted by Gasteiger charge is -2.13. The maximum atomic E-state index is 13.4. The van der Waals surface area contributed by atoms with E-state index in [1.807, 2.05) is 0 Å². The van der Waals surface area contributed by atoms with Gasteiger partial charge in [-0.3, -0.25) is 9.97 Å². The Morgan fingerprint density at radius 1 is 0.842 bits per heavy atom. The molecular weight excluding hydrogens is 271 g/mol. The summed E-state index contributed by atoms with van der Waals surface area (Å²) >= 11 is 0. The van der Waals surface area contributed by atoms with Gasteiger partial charge in [0.15, 0.2) is 23.3 Å². The van der Waals surface area contributed by atoms with Crippen LogP contribution in [-0.4, -0.2) is 15.1 Å². The molecule has 0 saturated carbocycles. The van der Waals surface area contributed by atoms with Crippen LogP contribution in [0.15, 0.2) is 18.6 Å². The maximum absolute atomic E-state index is 13.4. The van der Waals surface area contributed by atoms with Crippen molar-refractivity contribution >= 4 is 0 Å². The van der Waals surface area contributed by atoms with E-state index >= 15 is 0 Å². The number of aliphatic hydroxyl groups is 1. The number of hydrogen-bond acceptors (Lipinski definition) is 3. The highest BCUT2D eigenvalue weighted by atomic mass is 19.2. The number of rotatable bonds is 2. The third-order valence-corrected chi connectivity index (χ3v) is 2.38. The molecular formula is C11H5F5N2O. The third kappa shape index (κ3) is 2.14. The molecule has 1 atom stereocenters. The van der Waals surface area contributed by atoms with Crippen LogP contribution in [0.5, 0.6) is 0 Å². The summed E-state index contributed by atoms with van der Waals surface area (Å²) in [6.07, 6.45) is 1.15. The van der Waals surface area contributed by atoms with Crippen molar-refractivity contribution < 1.29 is 27.1 Å². The van der Waals surface area contributed by atoms with Crippen molar-refractivity contribution in [2.45, 2.75) is 6.10 Å². The summed E-state index contributed by atoms with van der Waals surface area (Å²) in [5.41, 5.74) is -1.71. The van der Waals surface area contributed by atoms with E-state index in [2.05, 4.69) is 9.97 Å². The molecule has 3 nitrogen and oxygen atoms in total. The second kappa shape index (κ2) is 4.88.